The molecule has 6 heteroatoms. The van der Waals surface area contributed by atoms with Crippen molar-refractivity contribution in [3.8, 4) is 0 Å². The van der Waals surface area contributed by atoms with Crippen molar-refractivity contribution in [3.05, 3.63) is 0 Å². The second-order valence-corrected chi connectivity index (χ2v) is 7.39. The molecule has 0 radical (unpaired) electrons. The minimum atomic E-state index is -3.20. The first-order valence-electron chi connectivity index (χ1n) is 6.64. The molecule has 0 heterocycles. The topological polar surface area (TPSA) is 46.6 Å². The van der Waals surface area contributed by atoms with Gasteiger partial charge in [0.2, 0.25) is 10.0 Å². The molecule has 0 amide bonds. The molecule has 0 bridgehead atoms. The van der Waals surface area contributed by atoms with Crippen molar-refractivity contribution in [3.63, 3.8) is 0 Å². The molecule has 0 unspecified atom stereocenters. The van der Waals surface area contributed by atoms with E-state index in [1.807, 2.05) is 13.8 Å². The molecule has 1 aliphatic carbocycles. The van der Waals surface area contributed by atoms with Gasteiger partial charge in [-0.15, -0.1) is 11.6 Å². The molecule has 0 aromatic heterocycles. The first-order valence-corrected chi connectivity index (χ1v) is 8.79. The number of nitrogens with zero attached hydrogens (tertiary/aromatic N) is 1. The van der Waals surface area contributed by atoms with Gasteiger partial charge < -0.3 is 4.74 Å². The Labute approximate surface area is 116 Å². The van der Waals surface area contributed by atoms with Gasteiger partial charge in [-0.05, 0) is 33.1 Å². The van der Waals surface area contributed by atoms with Crippen molar-refractivity contribution in [1.82, 2.24) is 4.31 Å². The molecule has 0 spiro atoms. The highest BCUT2D eigenvalue weighted by Crippen LogP contribution is 2.27. The van der Waals surface area contributed by atoms with Crippen LogP contribution in [0.1, 0.15) is 39.5 Å². The number of rotatable bonds is 9. The van der Waals surface area contributed by atoms with E-state index in [-0.39, 0.29) is 24.5 Å². The van der Waals surface area contributed by atoms with Gasteiger partial charge in [-0.1, -0.05) is 6.42 Å². The molecule has 1 rings (SSSR count). The fraction of sp³-hybridized carbons (Fsp3) is 1.00. The summed E-state index contributed by atoms with van der Waals surface area (Å²) in [6.07, 6.45) is 3.86. The van der Waals surface area contributed by atoms with Gasteiger partial charge in [0.1, 0.15) is 0 Å². The lowest BCUT2D eigenvalue weighted by atomic mass is 9.93. The Bertz CT molecular complexity index is 328. The molecule has 0 N–H and O–H groups in total. The van der Waals surface area contributed by atoms with Crippen molar-refractivity contribution in [2.75, 3.05) is 24.8 Å². The maximum atomic E-state index is 12.3. The zero-order valence-electron chi connectivity index (χ0n) is 11.3. The van der Waals surface area contributed by atoms with E-state index in [9.17, 15) is 8.42 Å². The number of halogens is 1. The molecule has 18 heavy (non-hydrogen) atoms. The molecule has 108 valence electrons. The van der Waals surface area contributed by atoms with Crippen LogP contribution >= 0.6 is 11.6 Å². The minimum absolute atomic E-state index is 0.0696. The van der Waals surface area contributed by atoms with Gasteiger partial charge >= 0.3 is 0 Å². The third kappa shape index (κ3) is 5.03. The number of hydrogen-bond acceptors (Lipinski definition) is 3. The summed E-state index contributed by atoms with van der Waals surface area (Å²) >= 11 is 5.66. The third-order valence-corrected chi connectivity index (χ3v) is 5.29. The third-order valence-electron chi connectivity index (χ3n) is 3.14. The highest BCUT2D eigenvalue weighted by Gasteiger charge is 2.32. The molecule has 1 saturated carbocycles. The van der Waals surface area contributed by atoms with Crippen LogP contribution in [0, 0.1) is 0 Å². The van der Waals surface area contributed by atoms with Crippen LogP contribution in [0.25, 0.3) is 0 Å². The monoisotopic (exact) mass is 297 g/mol. The zero-order chi connectivity index (χ0) is 13.6. The average molecular weight is 298 g/mol. The average Bonchev–Trinajstić information content (AvgIpc) is 2.20. The summed E-state index contributed by atoms with van der Waals surface area (Å²) in [6, 6.07) is 0.192. The number of alkyl halides is 1. The van der Waals surface area contributed by atoms with Crippen LogP contribution in [-0.4, -0.2) is 49.7 Å². The molecule has 0 aliphatic heterocycles. The van der Waals surface area contributed by atoms with Gasteiger partial charge in [0.15, 0.2) is 0 Å². The van der Waals surface area contributed by atoms with E-state index in [1.165, 1.54) is 0 Å². The van der Waals surface area contributed by atoms with Crippen LogP contribution in [0.2, 0.25) is 0 Å². The van der Waals surface area contributed by atoms with Crippen molar-refractivity contribution in [1.29, 1.82) is 0 Å². The fourth-order valence-electron chi connectivity index (χ4n) is 1.95. The van der Waals surface area contributed by atoms with Crippen LogP contribution in [0.4, 0.5) is 0 Å². The minimum Gasteiger partial charge on any atom is -0.378 e. The van der Waals surface area contributed by atoms with Crippen molar-refractivity contribution >= 4 is 21.6 Å². The lowest BCUT2D eigenvalue weighted by Gasteiger charge is -2.36. The van der Waals surface area contributed by atoms with Crippen LogP contribution < -0.4 is 0 Å². The zero-order valence-corrected chi connectivity index (χ0v) is 12.8. The molecule has 1 fully saturated rings. The SMILES string of the molecule is CC(C)OCCS(=O)(=O)N(CCCCl)C1CCC1. The summed E-state index contributed by atoms with van der Waals surface area (Å²) in [6.45, 7) is 4.62. The second-order valence-electron chi connectivity index (χ2n) is 4.97. The van der Waals surface area contributed by atoms with Gasteiger partial charge in [-0.2, -0.15) is 4.31 Å². The van der Waals surface area contributed by atoms with E-state index >= 15 is 0 Å². The second kappa shape index (κ2) is 7.68. The van der Waals surface area contributed by atoms with E-state index < -0.39 is 10.0 Å². The van der Waals surface area contributed by atoms with Gasteiger partial charge in [-0.3, -0.25) is 0 Å². The Hall–Kier alpha value is 0.160. The summed E-state index contributed by atoms with van der Waals surface area (Å²) in [5.74, 6) is 0.575. The lowest BCUT2D eigenvalue weighted by molar-refractivity contribution is 0.0901. The summed E-state index contributed by atoms with van der Waals surface area (Å²) in [5.41, 5.74) is 0. The van der Waals surface area contributed by atoms with Gasteiger partial charge in [0.25, 0.3) is 0 Å². The molecule has 0 aromatic carbocycles. The Morgan fingerprint density at radius 1 is 1.39 bits per heavy atom. The predicted octanol–water partition coefficient (Wildman–Crippen LogP) is 2.22. The Balaban J connectivity index is 2.52. The van der Waals surface area contributed by atoms with Gasteiger partial charge in [0, 0.05) is 18.5 Å². The van der Waals surface area contributed by atoms with E-state index in [2.05, 4.69) is 0 Å². The van der Waals surface area contributed by atoms with E-state index in [1.54, 1.807) is 4.31 Å². The van der Waals surface area contributed by atoms with E-state index in [0.717, 1.165) is 19.3 Å². The molecule has 4 nitrogen and oxygen atoms in total. The van der Waals surface area contributed by atoms with Crippen molar-refractivity contribution in [2.45, 2.75) is 51.7 Å². The summed E-state index contributed by atoms with van der Waals surface area (Å²) in [5, 5.41) is 0. The summed E-state index contributed by atoms with van der Waals surface area (Å²) in [7, 11) is -3.20. The Morgan fingerprint density at radius 3 is 2.50 bits per heavy atom. The largest absolute Gasteiger partial charge is 0.378 e. The smallest absolute Gasteiger partial charge is 0.216 e. The summed E-state index contributed by atoms with van der Waals surface area (Å²) in [4.78, 5) is 0. The first kappa shape index (κ1) is 16.2. The van der Waals surface area contributed by atoms with Crippen LogP contribution in [0.15, 0.2) is 0 Å². The van der Waals surface area contributed by atoms with Crippen molar-refractivity contribution in [2.24, 2.45) is 0 Å². The Kier molecular flexibility index (Phi) is 6.92. The van der Waals surface area contributed by atoms with Crippen LogP contribution in [0.3, 0.4) is 0 Å². The van der Waals surface area contributed by atoms with Gasteiger partial charge in [0.05, 0.1) is 18.5 Å². The maximum absolute atomic E-state index is 12.3. The standard InChI is InChI=1S/C12H24ClNO3S/c1-11(2)17-9-10-18(15,16)14(8-4-7-13)12-5-3-6-12/h11-12H,3-10H2,1-2H3. The van der Waals surface area contributed by atoms with Gasteiger partial charge in [-0.25, -0.2) is 8.42 Å². The number of sulfonamides is 1. The molecular weight excluding hydrogens is 274 g/mol. The van der Waals surface area contributed by atoms with E-state index in [0.29, 0.717) is 18.8 Å². The molecular formula is C12H24ClNO3S. The van der Waals surface area contributed by atoms with Crippen LogP contribution in [0.5, 0.6) is 0 Å². The Morgan fingerprint density at radius 2 is 2.06 bits per heavy atom. The molecule has 0 saturated heterocycles. The van der Waals surface area contributed by atoms with Crippen LogP contribution in [-0.2, 0) is 14.8 Å². The molecule has 0 aromatic rings. The first-order chi connectivity index (χ1) is 8.47. The quantitative estimate of drug-likeness (QED) is 0.613. The molecule has 0 atom stereocenters. The number of ether oxygens (including phenoxy) is 1. The fourth-order valence-corrected chi connectivity index (χ4v) is 3.68. The normalized spacial score (nSPS) is 17.4. The maximum Gasteiger partial charge on any atom is 0.216 e. The van der Waals surface area contributed by atoms with Crippen molar-refractivity contribution < 1.29 is 13.2 Å². The summed E-state index contributed by atoms with van der Waals surface area (Å²) < 4.78 is 31.5. The highest BCUT2D eigenvalue weighted by atomic mass is 35.5. The molecule has 1 aliphatic rings. The van der Waals surface area contributed by atoms with E-state index in [4.69, 9.17) is 16.3 Å². The number of hydrogen-bond donors (Lipinski definition) is 0. The lowest BCUT2D eigenvalue weighted by Crippen LogP contribution is -2.46. The predicted molar refractivity (Wildman–Crippen MR) is 74.6 cm³/mol. The highest BCUT2D eigenvalue weighted by molar-refractivity contribution is 7.89.